The second-order valence-corrected chi connectivity index (χ2v) is 7.67. The van der Waals surface area contributed by atoms with Crippen molar-refractivity contribution in [1.82, 2.24) is 9.47 Å². The van der Waals surface area contributed by atoms with Crippen molar-refractivity contribution >= 4 is 46.6 Å². The second-order valence-electron chi connectivity index (χ2n) is 7.23. The summed E-state index contributed by atoms with van der Waals surface area (Å²) in [6.07, 6.45) is 1.06. The number of anilines is 1. The number of carbonyl (C=O) groups is 1. The highest BCUT2D eigenvalue weighted by Gasteiger charge is 2.27. The van der Waals surface area contributed by atoms with Gasteiger partial charge >= 0.3 is 5.97 Å². The van der Waals surface area contributed by atoms with E-state index in [4.69, 9.17) is 11.6 Å². The maximum Gasteiger partial charge on any atom is 0.341 e. The maximum atomic E-state index is 15.7. The minimum absolute atomic E-state index is 0. The van der Waals surface area contributed by atoms with Gasteiger partial charge in [-0.15, -0.1) is 12.4 Å². The van der Waals surface area contributed by atoms with Crippen molar-refractivity contribution in [3.8, 4) is 5.69 Å². The number of pyridine rings is 1. The third kappa shape index (κ3) is 4.11. The lowest BCUT2D eigenvalue weighted by molar-refractivity contribution is 0.0695. The molecule has 0 bridgehead atoms. The number of rotatable bonds is 3. The monoisotopic (exact) mass is 469 g/mol. The smallest absolute Gasteiger partial charge is 0.341 e. The van der Waals surface area contributed by atoms with Crippen LogP contribution in [0.25, 0.3) is 16.6 Å². The number of benzene rings is 2. The lowest BCUT2D eigenvalue weighted by atomic mass is 10.1. The first-order chi connectivity index (χ1) is 14.3. The normalized spacial score (nSPS) is 14.5. The van der Waals surface area contributed by atoms with E-state index in [1.807, 2.05) is 7.05 Å². The second kappa shape index (κ2) is 8.82. The van der Waals surface area contributed by atoms with Crippen LogP contribution in [0.1, 0.15) is 10.4 Å². The molecule has 1 aliphatic rings. The molecular formula is C21H19Cl2F2N3O3. The van der Waals surface area contributed by atoms with Crippen LogP contribution in [0.15, 0.2) is 41.3 Å². The average molecular weight is 470 g/mol. The Balaban J connectivity index is 0.00000272. The highest BCUT2D eigenvalue weighted by Crippen LogP contribution is 2.32. The van der Waals surface area contributed by atoms with Gasteiger partial charge in [-0.1, -0.05) is 11.6 Å². The summed E-state index contributed by atoms with van der Waals surface area (Å²) in [5.74, 6) is -3.28. The largest absolute Gasteiger partial charge is 0.477 e. The number of hydrogen-bond acceptors (Lipinski definition) is 4. The minimum atomic E-state index is -1.48. The Kier molecular flexibility index (Phi) is 6.54. The van der Waals surface area contributed by atoms with Crippen LogP contribution in [-0.4, -0.2) is 53.8 Å². The predicted octanol–water partition coefficient (Wildman–Crippen LogP) is 3.79. The topological polar surface area (TPSA) is 65.8 Å². The zero-order chi connectivity index (χ0) is 21.6. The molecule has 1 N–H and O–H groups in total. The number of likely N-dealkylation sites (N-methyl/N-ethyl adjacent to an activating group) is 1. The highest BCUT2D eigenvalue weighted by molar-refractivity contribution is 6.30. The van der Waals surface area contributed by atoms with Gasteiger partial charge in [-0.25, -0.2) is 13.6 Å². The minimum Gasteiger partial charge on any atom is -0.477 e. The van der Waals surface area contributed by atoms with Gasteiger partial charge in [0.25, 0.3) is 0 Å². The van der Waals surface area contributed by atoms with E-state index in [2.05, 4.69) is 4.90 Å². The molecule has 0 amide bonds. The average Bonchev–Trinajstić information content (AvgIpc) is 2.70. The Morgan fingerprint density at radius 2 is 1.71 bits per heavy atom. The fraction of sp³-hybridized carbons (Fsp3) is 0.238. The van der Waals surface area contributed by atoms with E-state index in [1.165, 1.54) is 4.57 Å². The van der Waals surface area contributed by atoms with Crippen molar-refractivity contribution in [2.45, 2.75) is 0 Å². The third-order valence-corrected chi connectivity index (χ3v) is 5.56. The Morgan fingerprint density at radius 3 is 2.29 bits per heavy atom. The SMILES string of the molecule is CN1CCN(c2c(F)cc3c(=O)c(C(=O)O)cn(-c4ccc(Cl)cc4)c3c2F)CC1.Cl. The number of halogens is 4. The summed E-state index contributed by atoms with van der Waals surface area (Å²) in [7, 11) is 1.93. The Bertz CT molecular complexity index is 1210. The zero-order valence-electron chi connectivity index (χ0n) is 16.4. The molecule has 6 nitrogen and oxygen atoms in total. The molecule has 0 unspecified atom stereocenters. The third-order valence-electron chi connectivity index (χ3n) is 5.31. The van der Waals surface area contributed by atoms with E-state index >= 15 is 4.39 Å². The molecule has 1 aliphatic heterocycles. The summed E-state index contributed by atoms with van der Waals surface area (Å²) in [6.45, 7) is 2.13. The zero-order valence-corrected chi connectivity index (χ0v) is 18.0. The molecule has 0 saturated carbocycles. The molecule has 2 heterocycles. The maximum absolute atomic E-state index is 15.7. The van der Waals surface area contributed by atoms with Crippen LogP contribution in [0.3, 0.4) is 0 Å². The number of nitrogens with zero attached hydrogens (tertiary/aromatic N) is 3. The number of fused-ring (bicyclic) bond motifs is 1. The first-order valence-corrected chi connectivity index (χ1v) is 9.66. The summed E-state index contributed by atoms with van der Waals surface area (Å²) >= 11 is 5.93. The summed E-state index contributed by atoms with van der Waals surface area (Å²) in [6, 6.07) is 7.17. The Morgan fingerprint density at radius 1 is 1.10 bits per heavy atom. The number of aromatic carboxylic acids is 1. The highest BCUT2D eigenvalue weighted by atomic mass is 35.5. The van der Waals surface area contributed by atoms with Gasteiger partial charge in [0.15, 0.2) is 5.82 Å². The van der Waals surface area contributed by atoms with Gasteiger partial charge in [-0.05, 0) is 37.4 Å². The first-order valence-electron chi connectivity index (χ1n) is 9.28. The van der Waals surface area contributed by atoms with Crippen LogP contribution in [0.5, 0.6) is 0 Å². The van der Waals surface area contributed by atoms with E-state index in [0.29, 0.717) is 36.9 Å². The Labute approximate surface area is 187 Å². The Hall–Kier alpha value is -2.68. The van der Waals surface area contributed by atoms with E-state index in [0.717, 1.165) is 12.3 Å². The van der Waals surface area contributed by atoms with E-state index in [1.54, 1.807) is 29.2 Å². The summed E-state index contributed by atoms with van der Waals surface area (Å²) in [5.41, 5.74) is -1.53. The van der Waals surface area contributed by atoms with E-state index in [9.17, 15) is 19.1 Å². The molecule has 1 fully saturated rings. The van der Waals surface area contributed by atoms with Crippen LogP contribution < -0.4 is 10.3 Å². The quantitative estimate of drug-likeness (QED) is 0.631. The lowest BCUT2D eigenvalue weighted by Gasteiger charge is -2.34. The van der Waals surface area contributed by atoms with Crippen LogP contribution >= 0.6 is 24.0 Å². The molecule has 1 aromatic heterocycles. The fourth-order valence-corrected chi connectivity index (χ4v) is 3.81. The van der Waals surface area contributed by atoms with Crippen molar-refractivity contribution < 1.29 is 18.7 Å². The fourth-order valence-electron chi connectivity index (χ4n) is 3.68. The van der Waals surface area contributed by atoms with Gasteiger partial charge in [0.2, 0.25) is 5.43 Å². The van der Waals surface area contributed by atoms with Gasteiger partial charge in [-0.3, -0.25) is 4.79 Å². The number of carboxylic acid groups (broad SMARTS) is 1. The van der Waals surface area contributed by atoms with Crippen LogP contribution in [0, 0.1) is 11.6 Å². The molecule has 0 atom stereocenters. The first kappa shape index (κ1) is 23.0. The van der Waals surface area contributed by atoms with E-state index in [-0.39, 0.29) is 29.0 Å². The summed E-state index contributed by atoms with van der Waals surface area (Å²) in [5, 5.41) is 9.53. The molecule has 0 aliphatic carbocycles. The summed E-state index contributed by atoms with van der Waals surface area (Å²) in [4.78, 5) is 27.9. The standard InChI is InChI=1S/C21H18ClF2N3O3.ClH/c1-25-6-8-26(9-7-25)19-16(23)10-14-18(17(19)24)27(11-15(20(14)28)21(29)30)13-4-2-12(22)3-5-13;/h2-5,10-11H,6-9H2,1H3,(H,29,30);1H. The predicted molar refractivity (Wildman–Crippen MR) is 118 cm³/mol. The molecule has 3 aromatic rings. The molecule has 10 heteroatoms. The molecule has 31 heavy (non-hydrogen) atoms. The van der Waals surface area contributed by atoms with Crippen molar-refractivity contribution in [3.63, 3.8) is 0 Å². The molecule has 1 saturated heterocycles. The molecule has 2 aromatic carbocycles. The van der Waals surface area contributed by atoms with Crippen molar-refractivity contribution in [3.05, 3.63) is 69.0 Å². The van der Waals surface area contributed by atoms with Gasteiger partial charge in [-0.2, -0.15) is 0 Å². The van der Waals surface area contributed by atoms with Gasteiger partial charge in [0.05, 0.1) is 10.9 Å². The molecule has 0 spiro atoms. The molecular weight excluding hydrogens is 451 g/mol. The van der Waals surface area contributed by atoms with Crippen LogP contribution in [0.4, 0.5) is 14.5 Å². The molecule has 164 valence electrons. The summed E-state index contributed by atoms with van der Waals surface area (Å²) < 4.78 is 31.9. The van der Waals surface area contributed by atoms with Gasteiger partial charge < -0.3 is 19.5 Å². The number of hydrogen-bond donors (Lipinski definition) is 1. The number of aromatic nitrogens is 1. The van der Waals surface area contributed by atoms with Crippen LogP contribution in [-0.2, 0) is 0 Å². The van der Waals surface area contributed by atoms with Crippen molar-refractivity contribution in [2.24, 2.45) is 0 Å². The van der Waals surface area contributed by atoms with Crippen LogP contribution in [0.2, 0.25) is 5.02 Å². The van der Waals surface area contributed by atoms with Crippen molar-refractivity contribution in [1.29, 1.82) is 0 Å². The molecule has 4 rings (SSSR count). The van der Waals surface area contributed by atoms with Crippen molar-refractivity contribution in [2.75, 3.05) is 38.1 Å². The lowest BCUT2D eigenvalue weighted by Crippen LogP contribution is -2.45. The molecule has 0 radical (unpaired) electrons. The van der Waals surface area contributed by atoms with E-state index < -0.39 is 28.6 Å². The van der Waals surface area contributed by atoms with Gasteiger partial charge in [0.1, 0.15) is 17.1 Å². The number of carboxylic acids is 1. The number of piperazine rings is 1. The van der Waals surface area contributed by atoms with Gasteiger partial charge in [0, 0.05) is 43.1 Å².